The van der Waals surface area contributed by atoms with Crippen LogP contribution in [0.15, 0.2) is 53.4 Å². The van der Waals surface area contributed by atoms with Gasteiger partial charge in [0, 0.05) is 17.8 Å². The van der Waals surface area contributed by atoms with Crippen LogP contribution in [0.1, 0.15) is 23.6 Å². The number of para-hydroxylation sites is 1. The number of alkyl halides is 1. The molecule has 2 heterocycles. The van der Waals surface area contributed by atoms with Crippen molar-refractivity contribution in [2.45, 2.75) is 30.3 Å². The molecule has 1 aromatic heterocycles. The quantitative estimate of drug-likeness (QED) is 0.719. The number of nitrogens with one attached hydrogen (secondary N) is 1. The van der Waals surface area contributed by atoms with Crippen molar-refractivity contribution in [3.05, 3.63) is 59.8 Å². The van der Waals surface area contributed by atoms with Gasteiger partial charge in [0.15, 0.2) is 0 Å². The molecule has 0 bridgehead atoms. The summed E-state index contributed by atoms with van der Waals surface area (Å²) in [6.45, 7) is 2.85. The molecular formula is C19H21ClFN3O2S. The van der Waals surface area contributed by atoms with E-state index in [2.05, 4.69) is 10.4 Å². The highest BCUT2D eigenvalue weighted by atomic mass is 35.5. The Morgan fingerprint density at radius 2 is 1.85 bits per heavy atom. The van der Waals surface area contributed by atoms with Gasteiger partial charge in [-0.2, -0.15) is 17.6 Å². The molecule has 1 fully saturated rings. The van der Waals surface area contributed by atoms with Gasteiger partial charge in [0.2, 0.25) is 0 Å². The lowest BCUT2D eigenvalue weighted by molar-refractivity contribution is 0.229. The van der Waals surface area contributed by atoms with Gasteiger partial charge in [0.1, 0.15) is 6.17 Å². The van der Waals surface area contributed by atoms with E-state index in [-0.39, 0.29) is 23.8 Å². The molecule has 0 aliphatic carbocycles. The summed E-state index contributed by atoms with van der Waals surface area (Å²) in [6, 6.07) is 13.8. The maximum atomic E-state index is 14.5. The van der Waals surface area contributed by atoms with Crippen molar-refractivity contribution in [1.82, 2.24) is 14.5 Å². The zero-order valence-corrected chi connectivity index (χ0v) is 16.4. The van der Waals surface area contributed by atoms with E-state index in [0.29, 0.717) is 29.6 Å². The Hall–Kier alpha value is -1.96. The second-order valence-corrected chi connectivity index (χ2v) is 8.45. The monoisotopic (exact) mass is 409 g/mol. The largest absolute Gasteiger partial charge is 0.314 e. The lowest BCUT2D eigenvalue weighted by Gasteiger charge is -2.25. The molecule has 27 heavy (non-hydrogen) atoms. The van der Waals surface area contributed by atoms with Crippen molar-refractivity contribution in [2.75, 3.05) is 13.1 Å². The summed E-state index contributed by atoms with van der Waals surface area (Å²) in [5.41, 5.74) is 1.98. The smallest absolute Gasteiger partial charge is 0.283 e. The van der Waals surface area contributed by atoms with E-state index >= 15 is 0 Å². The van der Waals surface area contributed by atoms with E-state index < -0.39 is 22.1 Å². The number of aromatic nitrogens is 2. The number of hydrogen-bond acceptors (Lipinski definition) is 4. The van der Waals surface area contributed by atoms with Gasteiger partial charge in [-0.3, -0.25) is 0 Å². The standard InChI is InChI=1S/C19H20FN3O2S.ClH/c1-13-6-8-14(9-7-13)26(24,25)23-18-5-3-2-4-16(18)19(22-23)15-10-11-21-12-17(15)20;/h2-9,15,17,21H,10-12H2,1H3;1H. The minimum Gasteiger partial charge on any atom is -0.314 e. The second-order valence-electron chi connectivity index (χ2n) is 6.68. The fourth-order valence-corrected chi connectivity index (χ4v) is 4.75. The minimum absolute atomic E-state index is 0. The van der Waals surface area contributed by atoms with Crippen molar-refractivity contribution in [3.63, 3.8) is 0 Å². The lowest BCUT2D eigenvalue weighted by atomic mass is 9.91. The van der Waals surface area contributed by atoms with E-state index in [4.69, 9.17) is 0 Å². The minimum atomic E-state index is -3.85. The normalized spacial score (nSPS) is 20.4. The number of benzene rings is 2. The number of rotatable bonds is 3. The molecule has 4 rings (SSSR count). The summed E-state index contributed by atoms with van der Waals surface area (Å²) in [4.78, 5) is 0.171. The van der Waals surface area contributed by atoms with Gasteiger partial charge >= 0.3 is 0 Å². The van der Waals surface area contributed by atoms with E-state index in [0.717, 1.165) is 9.65 Å². The van der Waals surface area contributed by atoms with Crippen molar-refractivity contribution >= 4 is 33.3 Å². The maximum Gasteiger partial charge on any atom is 0.283 e. The van der Waals surface area contributed by atoms with E-state index in [1.54, 1.807) is 36.4 Å². The predicted octanol–water partition coefficient (Wildman–Crippen LogP) is 3.42. The molecule has 0 amide bonds. The van der Waals surface area contributed by atoms with Gasteiger partial charge in [-0.15, -0.1) is 12.4 Å². The topological polar surface area (TPSA) is 64.0 Å². The predicted molar refractivity (Wildman–Crippen MR) is 106 cm³/mol. The number of halogens is 2. The molecule has 144 valence electrons. The molecule has 1 aliphatic rings. The number of fused-ring (bicyclic) bond motifs is 1. The van der Waals surface area contributed by atoms with Crippen LogP contribution in [-0.4, -0.2) is 36.9 Å². The molecule has 1 aliphatic heterocycles. The Morgan fingerprint density at radius 3 is 2.56 bits per heavy atom. The maximum absolute atomic E-state index is 14.5. The van der Waals surface area contributed by atoms with Crippen molar-refractivity contribution in [2.24, 2.45) is 0 Å². The zero-order chi connectivity index (χ0) is 18.3. The van der Waals surface area contributed by atoms with Gasteiger partial charge in [-0.05, 0) is 38.1 Å². The zero-order valence-electron chi connectivity index (χ0n) is 14.8. The van der Waals surface area contributed by atoms with E-state index in [9.17, 15) is 12.8 Å². The molecule has 5 nitrogen and oxygen atoms in total. The highest BCUT2D eigenvalue weighted by Crippen LogP contribution is 2.33. The summed E-state index contributed by atoms with van der Waals surface area (Å²) in [7, 11) is -3.85. The van der Waals surface area contributed by atoms with Crippen LogP contribution >= 0.6 is 12.4 Å². The molecule has 0 saturated carbocycles. The fraction of sp³-hybridized carbons (Fsp3) is 0.316. The van der Waals surface area contributed by atoms with Crippen LogP contribution < -0.4 is 5.32 Å². The lowest BCUT2D eigenvalue weighted by Crippen LogP contribution is -2.37. The Balaban J connectivity index is 0.00000210. The van der Waals surface area contributed by atoms with Crippen molar-refractivity contribution in [3.8, 4) is 0 Å². The van der Waals surface area contributed by atoms with Crippen LogP contribution in [-0.2, 0) is 10.0 Å². The Kier molecular flexibility index (Phi) is 5.55. The summed E-state index contributed by atoms with van der Waals surface area (Å²) in [5.74, 6) is -0.407. The number of nitrogens with zero attached hydrogens (tertiary/aromatic N) is 2. The summed E-state index contributed by atoms with van der Waals surface area (Å²) < 4.78 is 41.8. The number of hydrogen-bond donors (Lipinski definition) is 1. The van der Waals surface area contributed by atoms with E-state index in [1.807, 2.05) is 19.1 Å². The van der Waals surface area contributed by atoms with Gasteiger partial charge < -0.3 is 5.32 Å². The Bertz CT molecular complexity index is 1050. The molecular weight excluding hydrogens is 389 g/mol. The summed E-state index contributed by atoms with van der Waals surface area (Å²) >= 11 is 0. The average molecular weight is 410 g/mol. The van der Waals surface area contributed by atoms with Crippen molar-refractivity contribution < 1.29 is 12.8 Å². The first-order valence-corrected chi connectivity index (χ1v) is 10.1. The first kappa shape index (κ1) is 19.8. The first-order valence-electron chi connectivity index (χ1n) is 8.63. The third kappa shape index (κ3) is 3.47. The summed E-state index contributed by atoms with van der Waals surface area (Å²) in [5, 5.41) is 8.11. The molecule has 0 spiro atoms. The van der Waals surface area contributed by atoms with Crippen LogP contribution in [0.25, 0.3) is 10.9 Å². The highest BCUT2D eigenvalue weighted by molar-refractivity contribution is 7.90. The van der Waals surface area contributed by atoms with Crippen molar-refractivity contribution in [1.29, 1.82) is 0 Å². The Morgan fingerprint density at radius 1 is 1.15 bits per heavy atom. The van der Waals surface area contributed by atoms with Crippen LogP contribution in [0.4, 0.5) is 4.39 Å². The SMILES string of the molecule is Cc1ccc(S(=O)(=O)n2nc(C3CCNCC3F)c3ccccc32)cc1.Cl. The molecule has 2 aromatic carbocycles. The molecule has 1 N–H and O–H groups in total. The molecule has 0 radical (unpaired) electrons. The van der Waals surface area contributed by atoms with E-state index in [1.165, 1.54) is 0 Å². The Labute approximate surface area is 164 Å². The van der Waals surface area contributed by atoms with Gasteiger partial charge in [0.05, 0.1) is 16.1 Å². The van der Waals surface area contributed by atoms with Gasteiger partial charge in [-0.1, -0.05) is 35.9 Å². The third-order valence-corrected chi connectivity index (χ3v) is 6.49. The van der Waals surface area contributed by atoms with Crippen LogP contribution in [0, 0.1) is 6.92 Å². The average Bonchev–Trinajstić information content (AvgIpc) is 3.03. The van der Waals surface area contributed by atoms with Gasteiger partial charge in [-0.25, -0.2) is 4.39 Å². The first-order chi connectivity index (χ1) is 12.5. The molecule has 2 unspecified atom stereocenters. The summed E-state index contributed by atoms with van der Waals surface area (Å²) in [6.07, 6.45) is -0.496. The highest BCUT2D eigenvalue weighted by Gasteiger charge is 2.32. The molecule has 1 saturated heterocycles. The number of aryl methyl sites for hydroxylation is 1. The molecule has 3 aromatic rings. The third-order valence-electron chi connectivity index (χ3n) is 4.89. The number of piperidine rings is 1. The molecule has 2 atom stereocenters. The van der Waals surface area contributed by atoms with Gasteiger partial charge in [0.25, 0.3) is 10.0 Å². The van der Waals surface area contributed by atoms with Crippen LogP contribution in [0.5, 0.6) is 0 Å². The molecule has 8 heteroatoms. The van der Waals surface area contributed by atoms with Crippen LogP contribution in [0.2, 0.25) is 0 Å². The fourth-order valence-electron chi connectivity index (χ4n) is 3.46. The second kappa shape index (κ2) is 7.58. The van der Waals surface area contributed by atoms with Crippen LogP contribution in [0.3, 0.4) is 0 Å².